The molecule has 4 nitrogen and oxygen atoms in total. The van der Waals surface area contributed by atoms with Gasteiger partial charge in [0.15, 0.2) is 11.4 Å². The number of rotatable bonds is 3. The van der Waals surface area contributed by atoms with Crippen molar-refractivity contribution in [1.29, 1.82) is 5.26 Å². The number of aliphatic imine (C=N–C) groups is 1. The lowest BCUT2D eigenvalue weighted by molar-refractivity contribution is 0.960. The van der Waals surface area contributed by atoms with Gasteiger partial charge in [-0.25, -0.2) is 0 Å². The van der Waals surface area contributed by atoms with Crippen LogP contribution in [0.15, 0.2) is 29.5 Å². The molecule has 0 fully saturated rings. The molecule has 5 heteroatoms. The Morgan fingerprint density at radius 3 is 2.93 bits per heavy atom. The van der Waals surface area contributed by atoms with E-state index >= 15 is 0 Å². The molecule has 0 aliphatic carbocycles. The Balaban J connectivity index is 2.41. The molecule has 0 unspecified atom stereocenters. The molecule has 0 aromatic carbocycles. The van der Waals surface area contributed by atoms with Crippen LogP contribution in [0.2, 0.25) is 0 Å². The normalized spacial score (nSPS) is 10.8. The van der Waals surface area contributed by atoms with E-state index in [0.717, 1.165) is 6.42 Å². The van der Waals surface area contributed by atoms with Crippen molar-refractivity contribution in [2.45, 2.75) is 6.42 Å². The van der Waals surface area contributed by atoms with Crippen LogP contribution in [-0.4, -0.2) is 23.0 Å². The fourth-order valence-corrected chi connectivity index (χ4v) is 1.41. The Morgan fingerprint density at radius 2 is 2.33 bits per heavy atom. The largest absolute Gasteiger partial charge is 0.272 e. The van der Waals surface area contributed by atoms with Crippen molar-refractivity contribution < 1.29 is 0 Å². The standard InChI is InChI=1S/C10H12N4S/c1-15-10(14-8-11)13-7-4-9-2-5-12-6-3-9/h2-3,5-6H,4,7H2,1H3,(H,13,14). The maximum Gasteiger partial charge on any atom is 0.183 e. The topological polar surface area (TPSA) is 61.1 Å². The van der Waals surface area contributed by atoms with Crippen molar-refractivity contribution in [1.82, 2.24) is 10.3 Å². The molecule has 1 aromatic heterocycles. The van der Waals surface area contributed by atoms with E-state index in [1.54, 1.807) is 12.4 Å². The minimum atomic E-state index is 0.659. The number of hydrogen-bond donors (Lipinski definition) is 1. The molecule has 1 aromatic rings. The summed E-state index contributed by atoms with van der Waals surface area (Å²) >= 11 is 1.43. The average molecular weight is 220 g/mol. The Labute approximate surface area is 93.4 Å². The van der Waals surface area contributed by atoms with Gasteiger partial charge in [0, 0.05) is 18.9 Å². The highest BCUT2D eigenvalue weighted by Crippen LogP contribution is 1.99. The molecule has 0 bridgehead atoms. The number of thioether (sulfide) groups is 1. The van der Waals surface area contributed by atoms with Crippen LogP contribution in [0.5, 0.6) is 0 Å². The quantitative estimate of drug-likeness (QED) is 0.362. The van der Waals surface area contributed by atoms with Gasteiger partial charge in [-0.1, -0.05) is 11.8 Å². The number of amidine groups is 1. The molecular formula is C10H12N4S. The van der Waals surface area contributed by atoms with Crippen LogP contribution in [0, 0.1) is 11.5 Å². The van der Waals surface area contributed by atoms with E-state index in [1.165, 1.54) is 17.3 Å². The predicted molar refractivity (Wildman–Crippen MR) is 62.5 cm³/mol. The molecule has 0 radical (unpaired) electrons. The van der Waals surface area contributed by atoms with Gasteiger partial charge in [-0.15, -0.1) is 0 Å². The minimum absolute atomic E-state index is 0.659. The highest BCUT2D eigenvalue weighted by molar-refractivity contribution is 8.13. The third-order valence-electron chi connectivity index (χ3n) is 1.76. The highest BCUT2D eigenvalue weighted by atomic mass is 32.2. The van der Waals surface area contributed by atoms with Gasteiger partial charge in [0.05, 0.1) is 0 Å². The van der Waals surface area contributed by atoms with E-state index in [0.29, 0.717) is 11.7 Å². The van der Waals surface area contributed by atoms with Crippen LogP contribution in [0.4, 0.5) is 0 Å². The SMILES string of the molecule is CSC(=NCCc1ccncc1)NC#N. The number of hydrogen-bond acceptors (Lipinski definition) is 4. The van der Waals surface area contributed by atoms with E-state index in [2.05, 4.69) is 15.3 Å². The Morgan fingerprint density at radius 1 is 1.60 bits per heavy atom. The van der Waals surface area contributed by atoms with Gasteiger partial charge in [0.2, 0.25) is 0 Å². The van der Waals surface area contributed by atoms with Gasteiger partial charge in [0.1, 0.15) is 0 Å². The first-order valence-corrected chi connectivity index (χ1v) is 5.71. The third-order valence-corrected chi connectivity index (χ3v) is 2.38. The molecule has 0 aliphatic heterocycles. The van der Waals surface area contributed by atoms with Gasteiger partial charge in [0.25, 0.3) is 0 Å². The second-order valence-corrected chi connectivity index (χ2v) is 3.53. The molecule has 0 saturated heterocycles. The molecule has 0 aliphatic rings. The van der Waals surface area contributed by atoms with Crippen LogP contribution in [0.1, 0.15) is 5.56 Å². The highest BCUT2D eigenvalue weighted by Gasteiger charge is 1.94. The number of aromatic nitrogens is 1. The minimum Gasteiger partial charge on any atom is -0.272 e. The van der Waals surface area contributed by atoms with Gasteiger partial charge in [-0.2, -0.15) is 5.26 Å². The van der Waals surface area contributed by atoms with Crippen LogP contribution >= 0.6 is 11.8 Å². The zero-order chi connectivity index (χ0) is 10.9. The summed E-state index contributed by atoms with van der Waals surface area (Å²) < 4.78 is 0. The Hall–Kier alpha value is -1.54. The zero-order valence-electron chi connectivity index (χ0n) is 8.47. The lowest BCUT2D eigenvalue weighted by Crippen LogP contribution is -2.13. The Bertz CT molecular complexity index is 355. The molecular weight excluding hydrogens is 208 g/mol. The van der Waals surface area contributed by atoms with Crippen molar-refractivity contribution in [3.05, 3.63) is 30.1 Å². The summed E-state index contributed by atoms with van der Waals surface area (Å²) in [5, 5.41) is 11.6. The molecule has 0 amide bonds. The average Bonchev–Trinajstić information content (AvgIpc) is 2.29. The monoisotopic (exact) mass is 220 g/mol. The van der Waals surface area contributed by atoms with Gasteiger partial charge < -0.3 is 0 Å². The molecule has 0 atom stereocenters. The first-order chi connectivity index (χ1) is 7.36. The summed E-state index contributed by atoms with van der Waals surface area (Å²) in [6, 6.07) is 3.93. The van der Waals surface area contributed by atoms with E-state index in [9.17, 15) is 0 Å². The molecule has 1 heterocycles. The number of nitrogens with zero attached hydrogens (tertiary/aromatic N) is 3. The number of nitrogens with one attached hydrogen (secondary N) is 1. The summed E-state index contributed by atoms with van der Waals surface area (Å²) in [6.07, 6.45) is 8.13. The second-order valence-electron chi connectivity index (χ2n) is 2.73. The fraction of sp³-hybridized carbons (Fsp3) is 0.300. The predicted octanol–water partition coefficient (Wildman–Crippen LogP) is 1.41. The summed E-state index contributed by atoms with van der Waals surface area (Å²) in [7, 11) is 0. The first kappa shape index (κ1) is 11.5. The van der Waals surface area contributed by atoms with Crippen LogP contribution in [0.3, 0.4) is 0 Å². The summed E-state index contributed by atoms with van der Waals surface area (Å²) in [6.45, 7) is 0.675. The van der Waals surface area contributed by atoms with Gasteiger partial charge >= 0.3 is 0 Å². The molecule has 15 heavy (non-hydrogen) atoms. The van der Waals surface area contributed by atoms with E-state index in [1.807, 2.05) is 24.6 Å². The van der Waals surface area contributed by atoms with Crippen molar-refractivity contribution in [3.8, 4) is 6.19 Å². The smallest absolute Gasteiger partial charge is 0.183 e. The van der Waals surface area contributed by atoms with Crippen LogP contribution < -0.4 is 5.32 Å². The maximum absolute atomic E-state index is 8.42. The van der Waals surface area contributed by atoms with Crippen molar-refractivity contribution >= 4 is 16.9 Å². The fourth-order valence-electron chi connectivity index (χ4n) is 1.04. The van der Waals surface area contributed by atoms with Gasteiger partial charge in [-0.3, -0.25) is 15.3 Å². The molecule has 78 valence electrons. The van der Waals surface area contributed by atoms with Crippen molar-refractivity contribution in [2.24, 2.45) is 4.99 Å². The molecule has 1 rings (SSSR count). The van der Waals surface area contributed by atoms with E-state index in [-0.39, 0.29) is 0 Å². The Kier molecular flexibility index (Phi) is 5.26. The van der Waals surface area contributed by atoms with Crippen molar-refractivity contribution in [2.75, 3.05) is 12.8 Å². The number of pyridine rings is 1. The zero-order valence-corrected chi connectivity index (χ0v) is 9.29. The van der Waals surface area contributed by atoms with Crippen molar-refractivity contribution in [3.63, 3.8) is 0 Å². The molecule has 0 saturated carbocycles. The van der Waals surface area contributed by atoms with Crippen LogP contribution in [0.25, 0.3) is 0 Å². The van der Waals surface area contributed by atoms with E-state index in [4.69, 9.17) is 5.26 Å². The molecule has 0 spiro atoms. The van der Waals surface area contributed by atoms with Gasteiger partial charge in [-0.05, 0) is 30.4 Å². The van der Waals surface area contributed by atoms with Crippen LogP contribution in [-0.2, 0) is 6.42 Å². The van der Waals surface area contributed by atoms with E-state index < -0.39 is 0 Å². The molecule has 1 N–H and O–H groups in total. The second kappa shape index (κ2) is 6.85. The third kappa shape index (κ3) is 4.47. The number of nitriles is 1. The first-order valence-electron chi connectivity index (χ1n) is 4.49. The maximum atomic E-state index is 8.42. The lowest BCUT2D eigenvalue weighted by Gasteiger charge is -2.00. The summed E-state index contributed by atoms with van der Waals surface area (Å²) in [4.78, 5) is 8.19. The summed E-state index contributed by atoms with van der Waals surface area (Å²) in [5.74, 6) is 0. The lowest BCUT2D eigenvalue weighted by atomic mass is 10.2. The summed E-state index contributed by atoms with van der Waals surface area (Å²) in [5.41, 5.74) is 1.20.